The van der Waals surface area contributed by atoms with Gasteiger partial charge in [-0.1, -0.05) is 80.6 Å². The first-order valence-electron chi connectivity index (χ1n) is 7.54. The molecule has 0 aliphatic rings. The molecular weight excluding hydrogens is 256 g/mol. The van der Waals surface area contributed by atoms with Gasteiger partial charge in [0.25, 0.3) is 0 Å². The summed E-state index contributed by atoms with van der Waals surface area (Å²) < 4.78 is 0. The van der Waals surface area contributed by atoms with Crippen LogP contribution < -0.4 is 0 Å². The Balaban J connectivity index is 2.43. The zero-order chi connectivity index (χ0) is 15.3. The van der Waals surface area contributed by atoms with Crippen LogP contribution in [0.1, 0.15) is 38.3 Å². The zero-order valence-corrected chi connectivity index (χ0v) is 13.1. The van der Waals surface area contributed by atoms with E-state index in [2.05, 4.69) is 32.1 Å². The van der Waals surface area contributed by atoms with Gasteiger partial charge in [-0.15, -0.1) is 0 Å². The maximum Gasteiger partial charge on any atom is 0.111 e. The van der Waals surface area contributed by atoms with E-state index in [4.69, 9.17) is 0 Å². The standard InChI is InChI=1S/C20H24O/c1-16(2)15-20(21,19-12-8-5-9-13-19)17(3)14-18-10-6-4-7-11-18/h4-14,16,21H,15H2,1-3H3/b17-14+/t20-/m0/s1. The topological polar surface area (TPSA) is 20.2 Å². The van der Waals surface area contributed by atoms with E-state index in [1.165, 1.54) is 0 Å². The van der Waals surface area contributed by atoms with Gasteiger partial charge in [-0.05, 0) is 36.0 Å². The highest BCUT2D eigenvalue weighted by atomic mass is 16.3. The Kier molecular flexibility index (Phi) is 4.98. The Labute approximate surface area is 128 Å². The van der Waals surface area contributed by atoms with E-state index in [9.17, 15) is 5.11 Å². The molecule has 0 unspecified atom stereocenters. The Morgan fingerprint density at radius 1 is 1.00 bits per heavy atom. The van der Waals surface area contributed by atoms with Gasteiger partial charge in [0.2, 0.25) is 0 Å². The second-order valence-electron chi connectivity index (χ2n) is 6.06. The molecule has 1 nitrogen and oxygen atoms in total. The second kappa shape index (κ2) is 6.73. The van der Waals surface area contributed by atoms with E-state index >= 15 is 0 Å². The van der Waals surface area contributed by atoms with Crippen LogP contribution in [-0.2, 0) is 5.60 Å². The molecule has 0 bridgehead atoms. The van der Waals surface area contributed by atoms with Gasteiger partial charge in [0.15, 0.2) is 0 Å². The molecule has 110 valence electrons. The smallest absolute Gasteiger partial charge is 0.111 e. The van der Waals surface area contributed by atoms with E-state index in [0.29, 0.717) is 12.3 Å². The molecule has 21 heavy (non-hydrogen) atoms. The van der Waals surface area contributed by atoms with Gasteiger partial charge >= 0.3 is 0 Å². The Morgan fingerprint density at radius 3 is 2.05 bits per heavy atom. The first-order valence-corrected chi connectivity index (χ1v) is 7.54. The van der Waals surface area contributed by atoms with Crippen LogP contribution in [0.15, 0.2) is 66.2 Å². The molecule has 0 saturated heterocycles. The quantitative estimate of drug-likeness (QED) is 0.815. The lowest BCUT2D eigenvalue weighted by Crippen LogP contribution is -2.29. The Bertz CT molecular complexity index is 584. The van der Waals surface area contributed by atoms with Crippen molar-refractivity contribution in [2.45, 2.75) is 32.8 Å². The third-order valence-corrected chi connectivity index (χ3v) is 3.79. The summed E-state index contributed by atoms with van der Waals surface area (Å²) in [6, 6.07) is 20.1. The minimum Gasteiger partial charge on any atom is -0.381 e. The average Bonchev–Trinajstić information content (AvgIpc) is 2.48. The van der Waals surface area contributed by atoms with E-state index in [1.54, 1.807) is 0 Å². The predicted octanol–water partition coefficient (Wildman–Crippen LogP) is 5.02. The van der Waals surface area contributed by atoms with Crippen molar-refractivity contribution in [3.05, 3.63) is 77.4 Å². The fraction of sp³-hybridized carbons (Fsp3) is 0.300. The van der Waals surface area contributed by atoms with Crippen molar-refractivity contribution in [1.82, 2.24) is 0 Å². The van der Waals surface area contributed by atoms with Gasteiger partial charge in [0, 0.05) is 0 Å². The molecule has 0 saturated carbocycles. The molecule has 1 atom stereocenters. The normalized spacial score (nSPS) is 15.0. The van der Waals surface area contributed by atoms with Crippen LogP contribution >= 0.6 is 0 Å². The van der Waals surface area contributed by atoms with Crippen LogP contribution in [0.5, 0.6) is 0 Å². The van der Waals surface area contributed by atoms with Gasteiger partial charge in [0.1, 0.15) is 5.60 Å². The van der Waals surface area contributed by atoms with Crippen molar-refractivity contribution < 1.29 is 5.11 Å². The van der Waals surface area contributed by atoms with Crippen molar-refractivity contribution >= 4 is 6.08 Å². The van der Waals surface area contributed by atoms with Crippen molar-refractivity contribution in [3.8, 4) is 0 Å². The second-order valence-corrected chi connectivity index (χ2v) is 6.06. The lowest BCUT2D eigenvalue weighted by molar-refractivity contribution is 0.0542. The maximum absolute atomic E-state index is 11.3. The minimum absolute atomic E-state index is 0.411. The van der Waals surface area contributed by atoms with Crippen LogP contribution in [-0.4, -0.2) is 5.11 Å². The van der Waals surface area contributed by atoms with E-state index in [-0.39, 0.29) is 0 Å². The molecule has 0 amide bonds. The summed E-state index contributed by atoms with van der Waals surface area (Å²) in [6.45, 7) is 6.30. The predicted molar refractivity (Wildman–Crippen MR) is 89.9 cm³/mol. The monoisotopic (exact) mass is 280 g/mol. The van der Waals surface area contributed by atoms with Crippen molar-refractivity contribution in [2.24, 2.45) is 5.92 Å². The van der Waals surface area contributed by atoms with Crippen LogP contribution in [0.3, 0.4) is 0 Å². The van der Waals surface area contributed by atoms with Crippen LogP contribution in [0.25, 0.3) is 6.08 Å². The van der Waals surface area contributed by atoms with Crippen molar-refractivity contribution in [3.63, 3.8) is 0 Å². The highest BCUT2D eigenvalue weighted by Crippen LogP contribution is 2.36. The lowest BCUT2D eigenvalue weighted by Gasteiger charge is -2.32. The SMILES string of the molecule is C/C(=C\c1ccccc1)[C@@](O)(CC(C)C)c1ccccc1. The summed E-state index contributed by atoms with van der Waals surface area (Å²) in [5.41, 5.74) is 2.15. The number of hydrogen-bond acceptors (Lipinski definition) is 1. The van der Waals surface area contributed by atoms with E-state index in [1.807, 2.05) is 55.5 Å². The molecule has 1 heteroatoms. The van der Waals surface area contributed by atoms with Crippen molar-refractivity contribution in [2.75, 3.05) is 0 Å². The lowest BCUT2D eigenvalue weighted by atomic mass is 9.80. The highest BCUT2D eigenvalue weighted by Gasteiger charge is 2.31. The summed E-state index contributed by atoms with van der Waals surface area (Å²) in [5.74, 6) is 0.411. The molecule has 0 fully saturated rings. The van der Waals surface area contributed by atoms with E-state index in [0.717, 1.165) is 16.7 Å². The Hall–Kier alpha value is -1.86. The number of aliphatic hydroxyl groups is 1. The molecule has 0 aliphatic carbocycles. The largest absolute Gasteiger partial charge is 0.381 e. The first-order chi connectivity index (χ1) is 10.0. The van der Waals surface area contributed by atoms with Gasteiger partial charge < -0.3 is 5.11 Å². The Morgan fingerprint density at radius 2 is 1.52 bits per heavy atom. The summed E-state index contributed by atoms with van der Waals surface area (Å²) in [4.78, 5) is 0. The first kappa shape index (κ1) is 15.5. The van der Waals surface area contributed by atoms with E-state index < -0.39 is 5.60 Å². The number of rotatable bonds is 5. The van der Waals surface area contributed by atoms with Gasteiger partial charge in [-0.25, -0.2) is 0 Å². The fourth-order valence-corrected chi connectivity index (χ4v) is 2.73. The van der Waals surface area contributed by atoms with Crippen LogP contribution in [0.2, 0.25) is 0 Å². The molecule has 0 spiro atoms. The summed E-state index contributed by atoms with van der Waals surface area (Å²) in [5, 5.41) is 11.3. The average molecular weight is 280 g/mol. The third kappa shape index (κ3) is 3.83. The van der Waals surface area contributed by atoms with Crippen molar-refractivity contribution in [1.29, 1.82) is 0 Å². The third-order valence-electron chi connectivity index (χ3n) is 3.79. The summed E-state index contributed by atoms with van der Waals surface area (Å²) in [6.07, 6.45) is 2.79. The molecule has 0 aliphatic heterocycles. The summed E-state index contributed by atoms with van der Waals surface area (Å²) >= 11 is 0. The van der Waals surface area contributed by atoms with Gasteiger partial charge in [0.05, 0.1) is 0 Å². The summed E-state index contributed by atoms with van der Waals surface area (Å²) in [7, 11) is 0. The molecule has 0 radical (unpaired) electrons. The molecule has 2 aromatic rings. The van der Waals surface area contributed by atoms with Gasteiger partial charge in [-0.2, -0.15) is 0 Å². The zero-order valence-electron chi connectivity index (χ0n) is 13.1. The molecule has 1 N–H and O–H groups in total. The molecule has 2 aromatic carbocycles. The van der Waals surface area contributed by atoms with Gasteiger partial charge in [-0.3, -0.25) is 0 Å². The number of hydrogen-bond donors (Lipinski definition) is 1. The molecule has 0 aromatic heterocycles. The van der Waals surface area contributed by atoms with Crippen LogP contribution in [0.4, 0.5) is 0 Å². The highest BCUT2D eigenvalue weighted by molar-refractivity contribution is 5.55. The molecule has 2 rings (SSSR count). The minimum atomic E-state index is -0.911. The fourth-order valence-electron chi connectivity index (χ4n) is 2.73. The van der Waals surface area contributed by atoms with Crippen LogP contribution in [0, 0.1) is 5.92 Å². The number of benzene rings is 2. The maximum atomic E-state index is 11.3. The molecular formula is C20H24O. The molecule has 0 heterocycles.